The average molecular weight is 316 g/mol. The number of nitrogens with one attached hydrogen (secondary N) is 2. The van der Waals surface area contributed by atoms with E-state index in [0.29, 0.717) is 6.04 Å². The van der Waals surface area contributed by atoms with Gasteiger partial charge < -0.3 is 24.8 Å². The summed E-state index contributed by atoms with van der Waals surface area (Å²) in [6.07, 6.45) is 3.46. The summed E-state index contributed by atoms with van der Waals surface area (Å²) in [7, 11) is 3.28. The molecule has 0 saturated heterocycles. The lowest BCUT2D eigenvalue weighted by molar-refractivity contribution is -0.121. The fourth-order valence-electron chi connectivity index (χ4n) is 2.90. The number of hydrogen-bond donors (Lipinski definition) is 2. The Hall–Kier alpha value is -0.850. The number of alkyl carbamates (subject to hydrolysis) is 1. The molecule has 130 valence electrons. The largest absolute Gasteiger partial charge is 0.444 e. The van der Waals surface area contributed by atoms with Gasteiger partial charge in [-0.3, -0.25) is 0 Å². The fourth-order valence-corrected chi connectivity index (χ4v) is 2.90. The maximum atomic E-state index is 11.9. The topological polar surface area (TPSA) is 68.8 Å². The molecule has 0 bridgehead atoms. The molecule has 3 atom stereocenters. The lowest BCUT2D eigenvalue weighted by Gasteiger charge is -2.34. The number of carbonyl (C=O) groups is 1. The predicted molar refractivity (Wildman–Crippen MR) is 85.8 cm³/mol. The van der Waals surface area contributed by atoms with Crippen molar-refractivity contribution in [1.82, 2.24) is 10.6 Å². The second-order valence-corrected chi connectivity index (χ2v) is 7.00. The van der Waals surface area contributed by atoms with E-state index in [4.69, 9.17) is 14.2 Å². The van der Waals surface area contributed by atoms with Crippen LogP contribution in [0, 0.1) is 0 Å². The second-order valence-electron chi connectivity index (χ2n) is 7.00. The highest BCUT2D eigenvalue weighted by Crippen LogP contribution is 2.20. The van der Waals surface area contributed by atoms with Crippen LogP contribution in [0.3, 0.4) is 0 Å². The SMILES string of the molecule is COC(OC)C(C)NC1CCCC(NC(=O)OC(C)(C)C)C1. The highest BCUT2D eigenvalue weighted by Gasteiger charge is 2.27. The Morgan fingerprint density at radius 2 is 1.73 bits per heavy atom. The van der Waals surface area contributed by atoms with Crippen molar-refractivity contribution in [3.63, 3.8) is 0 Å². The van der Waals surface area contributed by atoms with Crippen molar-refractivity contribution < 1.29 is 19.0 Å². The molecule has 6 heteroatoms. The smallest absolute Gasteiger partial charge is 0.407 e. The maximum absolute atomic E-state index is 11.9. The van der Waals surface area contributed by atoms with E-state index in [-0.39, 0.29) is 24.5 Å². The first-order valence-electron chi connectivity index (χ1n) is 8.06. The summed E-state index contributed by atoms with van der Waals surface area (Å²) >= 11 is 0. The number of hydrogen-bond acceptors (Lipinski definition) is 5. The highest BCUT2D eigenvalue weighted by molar-refractivity contribution is 5.68. The molecule has 1 fully saturated rings. The fraction of sp³-hybridized carbons (Fsp3) is 0.938. The molecular formula is C16H32N2O4. The molecule has 1 aliphatic rings. The molecule has 0 heterocycles. The van der Waals surface area contributed by atoms with Gasteiger partial charge in [0.1, 0.15) is 5.60 Å². The van der Waals surface area contributed by atoms with Crippen LogP contribution in [-0.2, 0) is 14.2 Å². The maximum Gasteiger partial charge on any atom is 0.407 e. The summed E-state index contributed by atoms with van der Waals surface area (Å²) in [4.78, 5) is 11.9. The normalized spacial score (nSPS) is 24.1. The van der Waals surface area contributed by atoms with Gasteiger partial charge in [0.25, 0.3) is 0 Å². The Labute approximate surface area is 134 Å². The number of carbonyl (C=O) groups excluding carboxylic acids is 1. The average Bonchev–Trinajstić information content (AvgIpc) is 2.38. The summed E-state index contributed by atoms with van der Waals surface area (Å²) < 4.78 is 15.9. The molecular weight excluding hydrogens is 284 g/mol. The van der Waals surface area contributed by atoms with Crippen molar-refractivity contribution >= 4 is 6.09 Å². The number of methoxy groups -OCH3 is 2. The highest BCUT2D eigenvalue weighted by atomic mass is 16.7. The molecule has 6 nitrogen and oxygen atoms in total. The quantitative estimate of drug-likeness (QED) is 0.737. The van der Waals surface area contributed by atoms with Crippen molar-refractivity contribution in [3.8, 4) is 0 Å². The number of rotatable bonds is 6. The third-order valence-corrected chi connectivity index (χ3v) is 3.77. The Morgan fingerprint density at radius 3 is 2.27 bits per heavy atom. The summed E-state index contributed by atoms with van der Waals surface area (Å²) in [5.41, 5.74) is -0.463. The Balaban J connectivity index is 2.42. The monoisotopic (exact) mass is 316 g/mol. The van der Waals surface area contributed by atoms with Crippen LogP contribution < -0.4 is 10.6 Å². The first kappa shape index (κ1) is 19.2. The zero-order valence-corrected chi connectivity index (χ0v) is 14.8. The Kier molecular flexibility index (Phi) is 7.59. The van der Waals surface area contributed by atoms with Crippen LogP contribution >= 0.6 is 0 Å². The molecule has 1 rings (SSSR count). The molecule has 0 aromatic rings. The lowest BCUT2D eigenvalue weighted by atomic mass is 9.90. The van der Waals surface area contributed by atoms with Crippen molar-refractivity contribution in [2.24, 2.45) is 0 Å². The van der Waals surface area contributed by atoms with Gasteiger partial charge in [-0.2, -0.15) is 0 Å². The van der Waals surface area contributed by atoms with Crippen LogP contribution in [0.2, 0.25) is 0 Å². The number of amides is 1. The first-order chi connectivity index (χ1) is 10.2. The lowest BCUT2D eigenvalue weighted by Crippen LogP contribution is -2.50. The third kappa shape index (κ3) is 6.94. The minimum atomic E-state index is -0.463. The Bertz CT molecular complexity index is 340. The van der Waals surface area contributed by atoms with Gasteiger partial charge in [-0.15, -0.1) is 0 Å². The molecule has 1 saturated carbocycles. The molecule has 0 aromatic carbocycles. The molecule has 0 aromatic heterocycles. The van der Waals surface area contributed by atoms with E-state index in [1.807, 2.05) is 27.7 Å². The van der Waals surface area contributed by atoms with Crippen molar-refractivity contribution in [1.29, 1.82) is 0 Å². The molecule has 0 spiro atoms. The zero-order chi connectivity index (χ0) is 16.8. The molecule has 22 heavy (non-hydrogen) atoms. The molecule has 1 aliphatic carbocycles. The van der Waals surface area contributed by atoms with Crippen LogP contribution in [0.1, 0.15) is 53.4 Å². The van der Waals surface area contributed by atoms with Gasteiger partial charge in [-0.1, -0.05) is 0 Å². The van der Waals surface area contributed by atoms with E-state index >= 15 is 0 Å². The van der Waals surface area contributed by atoms with Gasteiger partial charge in [-0.05, 0) is 53.4 Å². The van der Waals surface area contributed by atoms with E-state index < -0.39 is 5.60 Å². The minimum absolute atomic E-state index is 0.0975. The van der Waals surface area contributed by atoms with Crippen LogP contribution in [0.4, 0.5) is 4.79 Å². The van der Waals surface area contributed by atoms with Gasteiger partial charge >= 0.3 is 6.09 Å². The van der Waals surface area contributed by atoms with Crippen molar-refractivity contribution in [2.75, 3.05) is 14.2 Å². The summed E-state index contributed by atoms with van der Waals surface area (Å²) in [6, 6.07) is 0.591. The van der Waals surface area contributed by atoms with Crippen LogP contribution in [-0.4, -0.2) is 50.3 Å². The van der Waals surface area contributed by atoms with E-state index in [1.165, 1.54) is 0 Å². The van der Waals surface area contributed by atoms with Gasteiger partial charge in [0, 0.05) is 26.3 Å². The second kappa shape index (κ2) is 8.70. The van der Waals surface area contributed by atoms with E-state index in [2.05, 4.69) is 10.6 Å². The van der Waals surface area contributed by atoms with Crippen molar-refractivity contribution in [3.05, 3.63) is 0 Å². The first-order valence-corrected chi connectivity index (χ1v) is 8.06. The minimum Gasteiger partial charge on any atom is -0.444 e. The van der Waals surface area contributed by atoms with Crippen LogP contribution in [0.5, 0.6) is 0 Å². The van der Waals surface area contributed by atoms with E-state index in [0.717, 1.165) is 25.7 Å². The summed E-state index contributed by atoms with van der Waals surface area (Å²) in [6.45, 7) is 7.65. The predicted octanol–water partition coefficient (Wildman–Crippen LogP) is 2.42. The van der Waals surface area contributed by atoms with Crippen LogP contribution in [0.25, 0.3) is 0 Å². The third-order valence-electron chi connectivity index (χ3n) is 3.77. The molecule has 1 amide bonds. The van der Waals surface area contributed by atoms with Gasteiger partial charge in [-0.25, -0.2) is 4.79 Å². The summed E-state index contributed by atoms with van der Waals surface area (Å²) in [5.74, 6) is 0. The standard InChI is InChI=1S/C16H32N2O4/c1-11(14(20-5)21-6)17-12-8-7-9-13(10-12)18-15(19)22-16(2,3)4/h11-14,17H,7-10H2,1-6H3,(H,18,19). The molecule has 0 aliphatic heterocycles. The van der Waals surface area contributed by atoms with Crippen molar-refractivity contribution in [2.45, 2.75) is 83.4 Å². The summed E-state index contributed by atoms with van der Waals surface area (Å²) in [5, 5.41) is 6.50. The Morgan fingerprint density at radius 1 is 1.14 bits per heavy atom. The zero-order valence-electron chi connectivity index (χ0n) is 14.8. The molecule has 2 N–H and O–H groups in total. The molecule has 0 radical (unpaired) electrons. The van der Waals surface area contributed by atoms with E-state index in [9.17, 15) is 4.79 Å². The molecule has 3 unspecified atom stereocenters. The number of ether oxygens (including phenoxy) is 3. The van der Waals surface area contributed by atoms with Crippen LogP contribution in [0.15, 0.2) is 0 Å². The van der Waals surface area contributed by atoms with E-state index in [1.54, 1.807) is 14.2 Å². The van der Waals surface area contributed by atoms with Gasteiger partial charge in [0.15, 0.2) is 6.29 Å². The van der Waals surface area contributed by atoms with Gasteiger partial charge in [0.2, 0.25) is 0 Å². The van der Waals surface area contributed by atoms with Gasteiger partial charge in [0.05, 0.1) is 6.04 Å².